The SMILES string of the molecule is O=C(O)c1[nH]cc2c1CCOC2. The molecule has 0 radical (unpaired) electrons. The Hall–Kier alpha value is -1.29. The van der Waals surface area contributed by atoms with Crippen LogP contribution in [0.4, 0.5) is 0 Å². The van der Waals surface area contributed by atoms with Crippen LogP contribution in [0.15, 0.2) is 6.20 Å². The number of hydrogen-bond acceptors (Lipinski definition) is 2. The van der Waals surface area contributed by atoms with Crippen molar-refractivity contribution in [3.05, 3.63) is 23.0 Å². The summed E-state index contributed by atoms with van der Waals surface area (Å²) in [5.41, 5.74) is 2.18. The number of hydrogen-bond donors (Lipinski definition) is 2. The summed E-state index contributed by atoms with van der Waals surface area (Å²) >= 11 is 0. The monoisotopic (exact) mass is 167 g/mol. The lowest BCUT2D eigenvalue weighted by atomic mass is 10.1. The lowest BCUT2D eigenvalue weighted by Crippen LogP contribution is -2.11. The number of aromatic nitrogens is 1. The van der Waals surface area contributed by atoms with Gasteiger partial charge >= 0.3 is 5.97 Å². The molecule has 4 heteroatoms. The molecule has 0 bridgehead atoms. The standard InChI is InChI=1S/C8H9NO3/c10-8(11)7-6-1-2-12-4-5(6)3-9-7/h3,9H,1-2,4H2,(H,10,11). The number of aromatic amines is 1. The smallest absolute Gasteiger partial charge is 0.352 e. The summed E-state index contributed by atoms with van der Waals surface area (Å²) in [7, 11) is 0. The van der Waals surface area contributed by atoms with Gasteiger partial charge in [0.05, 0.1) is 13.2 Å². The third-order valence-corrected chi connectivity index (χ3v) is 2.05. The number of fused-ring (bicyclic) bond motifs is 1. The molecule has 4 nitrogen and oxygen atoms in total. The molecule has 2 heterocycles. The van der Waals surface area contributed by atoms with Crippen molar-refractivity contribution >= 4 is 5.97 Å². The van der Waals surface area contributed by atoms with Crippen molar-refractivity contribution in [3.63, 3.8) is 0 Å². The van der Waals surface area contributed by atoms with E-state index in [0.29, 0.717) is 25.3 Å². The van der Waals surface area contributed by atoms with Gasteiger partial charge in [0.15, 0.2) is 0 Å². The van der Waals surface area contributed by atoms with Crippen molar-refractivity contribution in [1.82, 2.24) is 4.98 Å². The van der Waals surface area contributed by atoms with E-state index in [4.69, 9.17) is 9.84 Å². The third-order valence-electron chi connectivity index (χ3n) is 2.05. The van der Waals surface area contributed by atoms with Crippen molar-refractivity contribution in [1.29, 1.82) is 0 Å². The molecule has 0 atom stereocenters. The zero-order valence-corrected chi connectivity index (χ0v) is 6.46. The molecule has 0 saturated heterocycles. The van der Waals surface area contributed by atoms with Gasteiger partial charge in [-0.15, -0.1) is 0 Å². The normalized spacial score (nSPS) is 15.7. The molecule has 0 aliphatic carbocycles. The molecule has 0 amide bonds. The van der Waals surface area contributed by atoms with Gasteiger partial charge in [-0.05, 0) is 17.5 Å². The average Bonchev–Trinajstić information content (AvgIpc) is 2.47. The number of carboxylic acid groups (broad SMARTS) is 1. The minimum Gasteiger partial charge on any atom is -0.477 e. The summed E-state index contributed by atoms with van der Waals surface area (Å²) in [5, 5.41) is 8.76. The second kappa shape index (κ2) is 2.64. The maximum atomic E-state index is 10.7. The quantitative estimate of drug-likeness (QED) is 0.649. The molecular formula is C8H9NO3. The molecule has 0 unspecified atom stereocenters. The molecule has 1 aromatic heterocycles. The molecule has 1 aliphatic heterocycles. The minimum atomic E-state index is -0.891. The Morgan fingerprint density at radius 1 is 1.67 bits per heavy atom. The fourth-order valence-corrected chi connectivity index (χ4v) is 1.46. The van der Waals surface area contributed by atoms with E-state index in [9.17, 15) is 4.79 Å². The van der Waals surface area contributed by atoms with Crippen LogP contribution in [0.5, 0.6) is 0 Å². The molecule has 12 heavy (non-hydrogen) atoms. The van der Waals surface area contributed by atoms with Crippen molar-refractivity contribution in [3.8, 4) is 0 Å². The number of aromatic carboxylic acids is 1. The molecule has 0 fully saturated rings. The predicted octanol–water partition coefficient (Wildman–Crippen LogP) is 0.786. The highest BCUT2D eigenvalue weighted by atomic mass is 16.5. The molecule has 2 N–H and O–H groups in total. The molecule has 64 valence electrons. The fraction of sp³-hybridized carbons (Fsp3) is 0.375. The largest absolute Gasteiger partial charge is 0.477 e. The highest BCUT2D eigenvalue weighted by Crippen LogP contribution is 2.19. The Balaban J connectivity index is 2.44. The molecule has 2 rings (SSSR count). The van der Waals surface area contributed by atoms with Crippen LogP contribution < -0.4 is 0 Å². The summed E-state index contributed by atoms with van der Waals surface area (Å²) in [6, 6.07) is 0. The van der Waals surface area contributed by atoms with Gasteiger partial charge < -0.3 is 14.8 Å². The van der Waals surface area contributed by atoms with Crippen LogP contribution in [0.2, 0.25) is 0 Å². The maximum absolute atomic E-state index is 10.7. The minimum absolute atomic E-state index is 0.313. The molecule has 1 aromatic rings. The fourth-order valence-electron chi connectivity index (χ4n) is 1.46. The number of carbonyl (C=O) groups is 1. The van der Waals surface area contributed by atoms with Crippen LogP contribution in [0.3, 0.4) is 0 Å². The van der Waals surface area contributed by atoms with E-state index >= 15 is 0 Å². The van der Waals surface area contributed by atoms with Crippen LogP contribution in [-0.4, -0.2) is 22.7 Å². The second-order valence-electron chi connectivity index (χ2n) is 2.78. The Bertz CT molecular complexity index is 316. The number of ether oxygens (including phenoxy) is 1. The van der Waals surface area contributed by atoms with Crippen molar-refractivity contribution in [2.24, 2.45) is 0 Å². The van der Waals surface area contributed by atoms with Crippen molar-refractivity contribution in [2.45, 2.75) is 13.0 Å². The molecule has 0 saturated carbocycles. The van der Waals surface area contributed by atoms with Crippen LogP contribution in [-0.2, 0) is 17.8 Å². The van der Waals surface area contributed by atoms with Gasteiger partial charge in [0.25, 0.3) is 0 Å². The summed E-state index contributed by atoms with van der Waals surface area (Å²) in [4.78, 5) is 13.4. The van der Waals surface area contributed by atoms with Crippen LogP contribution in [0.25, 0.3) is 0 Å². The summed E-state index contributed by atoms with van der Waals surface area (Å²) in [6.45, 7) is 1.14. The predicted molar refractivity (Wildman–Crippen MR) is 41.1 cm³/mol. The zero-order valence-electron chi connectivity index (χ0n) is 6.46. The highest BCUT2D eigenvalue weighted by Gasteiger charge is 2.19. The summed E-state index contributed by atoms with van der Waals surface area (Å²) in [6.07, 6.45) is 2.40. The third kappa shape index (κ3) is 1.00. The zero-order chi connectivity index (χ0) is 8.55. The van der Waals surface area contributed by atoms with Gasteiger partial charge in [-0.3, -0.25) is 0 Å². The molecular weight excluding hydrogens is 158 g/mol. The summed E-state index contributed by atoms with van der Waals surface area (Å²) < 4.78 is 5.18. The topological polar surface area (TPSA) is 62.3 Å². The number of nitrogens with one attached hydrogen (secondary N) is 1. The molecule has 0 aromatic carbocycles. The number of carboxylic acids is 1. The van der Waals surface area contributed by atoms with Crippen molar-refractivity contribution in [2.75, 3.05) is 6.61 Å². The van der Waals surface area contributed by atoms with E-state index in [2.05, 4.69) is 4.98 Å². The van der Waals surface area contributed by atoms with Gasteiger partial charge in [-0.2, -0.15) is 0 Å². The van der Waals surface area contributed by atoms with Crippen LogP contribution in [0.1, 0.15) is 21.6 Å². The first-order chi connectivity index (χ1) is 5.79. The first kappa shape index (κ1) is 7.36. The van der Waals surface area contributed by atoms with E-state index in [1.807, 2.05) is 0 Å². The van der Waals surface area contributed by atoms with E-state index in [1.54, 1.807) is 6.20 Å². The van der Waals surface area contributed by atoms with Crippen LogP contribution >= 0.6 is 0 Å². The maximum Gasteiger partial charge on any atom is 0.352 e. The first-order valence-electron chi connectivity index (χ1n) is 3.79. The molecule has 0 spiro atoms. The molecule has 1 aliphatic rings. The first-order valence-corrected chi connectivity index (χ1v) is 3.79. The van der Waals surface area contributed by atoms with E-state index in [0.717, 1.165) is 11.1 Å². The van der Waals surface area contributed by atoms with Gasteiger partial charge in [0, 0.05) is 6.20 Å². The van der Waals surface area contributed by atoms with E-state index in [1.165, 1.54) is 0 Å². The van der Waals surface area contributed by atoms with Crippen molar-refractivity contribution < 1.29 is 14.6 Å². The highest BCUT2D eigenvalue weighted by molar-refractivity contribution is 5.87. The Morgan fingerprint density at radius 2 is 2.50 bits per heavy atom. The Morgan fingerprint density at radius 3 is 3.25 bits per heavy atom. The number of H-pyrrole nitrogens is 1. The average molecular weight is 167 g/mol. The lowest BCUT2D eigenvalue weighted by molar-refractivity contribution is 0.0686. The van der Waals surface area contributed by atoms with Crippen LogP contribution in [0, 0.1) is 0 Å². The van der Waals surface area contributed by atoms with E-state index in [-0.39, 0.29) is 0 Å². The van der Waals surface area contributed by atoms with Gasteiger partial charge in [-0.1, -0.05) is 0 Å². The van der Waals surface area contributed by atoms with E-state index < -0.39 is 5.97 Å². The lowest BCUT2D eigenvalue weighted by Gasteiger charge is -2.11. The Labute approximate surface area is 69.2 Å². The van der Waals surface area contributed by atoms with Gasteiger partial charge in [0.2, 0.25) is 0 Å². The second-order valence-corrected chi connectivity index (χ2v) is 2.78. The summed E-state index contributed by atoms with van der Waals surface area (Å²) in [5.74, 6) is -0.891. The number of rotatable bonds is 1. The Kier molecular flexibility index (Phi) is 1.62. The van der Waals surface area contributed by atoms with Gasteiger partial charge in [0.1, 0.15) is 5.69 Å². The van der Waals surface area contributed by atoms with Gasteiger partial charge in [-0.25, -0.2) is 4.79 Å².